The van der Waals surface area contributed by atoms with Gasteiger partial charge in [-0.25, -0.2) is 0 Å². The molecule has 0 aromatic carbocycles. The van der Waals surface area contributed by atoms with Crippen LogP contribution in [0.2, 0.25) is 5.15 Å². The molecule has 0 radical (unpaired) electrons. The summed E-state index contributed by atoms with van der Waals surface area (Å²) in [5, 5.41) is 3.69. The van der Waals surface area contributed by atoms with Gasteiger partial charge in [-0.15, -0.1) is 0 Å². The van der Waals surface area contributed by atoms with Gasteiger partial charge < -0.3 is 5.32 Å². The van der Waals surface area contributed by atoms with Crippen molar-refractivity contribution in [3.05, 3.63) is 5.15 Å². The van der Waals surface area contributed by atoms with Gasteiger partial charge in [-0.1, -0.05) is 11.6 Å². The van der Waals surface area contributed by atoms with E-state index >= 15 is 0 Å². The van der Waals surface area contributed by atoms with Crippen LogP contribution in [0.25, 0.3) is 0 Å². The Morgan fingerprint density at radius 1 is 1.62 bits per heavy atom. The van der Waals surface area contributed by atoms with Gasteiger partial charge in [-0.3, -0.25) is 0 Å². The van der Waals surface area contributed by atoms with Crippen molar-refractivity contribution >= 4 is 40.9 Å². The van der Waals surface area contributed by atoms with Crippen LogP contribution in [0.4, 0.5) is 5.82 Å². The van der Waals surface area contributed by atoms with Gasteiger partial charge in [0.15, 0.2) is 11.0 Å². The predicted octanol–water partition coefficient (Wildman–Crippen LogP) is 2.75. The van der Waals surface area contributed by atoms with E-state index in [1.165, 1.54) is 0 Å². The van der Waals surface area contributed by atoms with E-state index in [1.54, 1.807) is 0 Å². The van der Waals surface area contributed by atoms with Crippen molar-refractivity contribution in [1.29, 1.82) is 0 Å². The highest BCUT2D eigenvalue weighted by Gasteiger charge is 2.07. The summed E-state index contributed by atoms with van der Waals surface area (Å²) in [4.78, 5) is 0. The molecule has 0 spiro atoms. The molecule has 0 saturated heterocycles. The summed E-state index contributed by atoms with van der Waals surface area (Å²) in [6, 6.07) is 0.397. The number of rotatable bonds is 5. The van der Waals surface area contributed by atoms with E-state index in [9.17, 15) is 0 Å². The maximum atomic E-state index is 5.79. The summed E-state index contributed by atoms with van der Waals surface area (Å²) in [7, 11) is 0. The molecule has 1 unspecified atom stereocenters. The molecule has 0 bridgehead atoms. The van der Waals surface area contributed by atoms with Crippen LogP contribution in [0.5, 0.6) is 0 Å². The average molecular weight is 238 g/mol. The van der Waals surface area contributed by atoms with Crippen LogP contribution in [-0.2, 0) is 0 Å². The van der Waals surface area contributed by atoms with Gasteiger partial charge in [0.2, 0.25) is 0 Å². The summed E-state index contributed by atoms with van der Waals surface area (Å²) < 4.78 is 7.92. The molecule has 0 aliphatic carbocycles. The number of aromatic nitrogens is 2. The Morgan fingerprint density at radius 2 is 2.38 bits per heavy atom. The van der Waals surface area contributed by atoms with Gasteiger partial charge in [0, 0.05) is 6.04 Å². The topological polar surface area (TPSA) is 37.8 Å². The number of halogens is 1. The molecule has 1 N–H and O–H groups in total. The third kappa shape index (κ3) is 3.70. The molecule has 1 aromatic heterocycles. The number of nitrogens with zero attached hydrogens (tertiary/aromatic N) is 2. The Labute approximate surface area is 91.6 Å². The van der Waals surface area contributed by atoms with Gasteiger partial charge in [-0.05, 0) is 25.4 Å². The van der Waals surface area contributed by atoms with Crippen LogP contribution in [0.1, 0.15) is 13.3 Å². The Morgan fingerprint density at radius 3 is 2.92 bits per heavy atom. The lowest BCUT2D eigenvalue weighted by molar-refractivity contribution is 0.769. The maximum Gasteiger partial charge on any atom is 0.186 e. The fraction of sp³-hybridized carbons (Fsp3) is 0.714. The maximum absolute atomic E-state index is 5.79. The zero-order valence-electron chi connectivity index (χ0n) is 7.58. The molecule has 0 fully saturated rings. The van der Waals surface area contributed by atoms with Crippen LogP contribution in [0.3, 0.4) is 0 Å². The Bertz CT molecular complexity index is 254. The molecule has 1 heterocycles. The number of hydrogen-bond donors (Lipinski definition) is 1. The standard InChI is InChI=1S/C7H12ClN3S2/c1-5(3-4-12-2)9-7-6(8)10-13-11-7/h5H,3-4H2,1-2H3,(H,9,11). The Kier molecular flexibility index (Phi) is 4.83. The quantitative estimate of drug-likeness (QED) is 0.855. The van der Waals surface area contributed by atoms with Crippen LogP contribution in [0, 0.1) is 0 Å². The van der Waals surface area contributed by atoms with Gasteiger partial charge in [-0.2, -0.15) is 20.5 Å². The highest BCUT2D eigenvalue weighted by molar-refractivity contribution is 7.98. The molecule has 1 aromatic rings. The molecule has 6 heteroatoms. The van der Waals surface area contributed by atoms with Gasteiger partial charge >= 0.3 is 0 Å². The summed E-state index contributed by atoms with van der Waals surface area (Å²) >= 11 is 8.76. The van der Waals surface area contributed by atoms with Crippen molar-refractivity contribution in [3.63, 3.8) is 0 Å². The minimum Gasteiger partial charge on any atom is -0.364 e. The molecule has 3 nitrogen and oxygen atoms in total. The van der Waals surface area contributed by atoms with E-state index < -0.39 is 0 Å². The first kappa shape index (κ1) is 11.1. The zero-order chi connectivity index (χ0) is 9.68. The zero-order valence-corrected chi connectivity index (χ0v) is 9.97. The smallest absolute Gasteiger partial charge is 0.186 e. The van der Waals surface area contributed by atoms with Crippen LogP contribution in [0.15, 0.2) is 0 Å². The fourth-order valence-electron chi connectivity index (χ4n) is 0.864. The van der Waals surface area contributed by atoms with E-state index in [2.05, 4.69) is 27.2 Å². The predicted molar refractivity (Wildman–Crippen MR) is 61.0 cm³/mol. The SMILES string of the molecule is CSCCC(C)Nc1nsnc1Cl. The number of thioether (sulfide) groups is 1. The molecular formula is C7H12ClN3S2. The highest BCUT2D eigenvalue weighted by atomic mass is 35.5. The average Bonchev–Trinajstić information content (AvgIpc) is 2.48. The first-order valence-electron chi connectivity index (χ1n) is 3.97. The van der Waals surface area contributed by atoms with Gasteiger partial charge in [0.1, 0.15) is 0 Å². The first-order valence-corrected chi connectivity index (χ1v) is 6.47. The summed E-state index contributed by atoms with van der Waals surface area (Å²) in [6.07, 6.45) is 3.21. The summed E-state index contributed by atoms with van der Waals surface area (Å²) in [6.45, 7) is 2.12. The van der Waals surface area contributed by atoms with Gasteiger partial charge in [0.25, 0.3) is 0 Å². The molecule has 13 heavy (non-hydrogen) atoms. The number of anilines is 1. The minimum atomic E-state index is 0.397. The molecule has 0 saturated carbocycles. The third-order valence-corrected chi connectivity index (χ3v) is 3.12. The molecule has 0 amide bonds. The second-order valence-corrected chi connectivity index (χ2v) is 4.60. The van der Waals surface area contributed by atoms with Crippen LogP contribution in [-0.4, -0.2) is 26.8 Å². The van der Waals surface area contributed by atoms with E-state index in [0.717, 1.165) is 23.9 Å². The lowest BCUT2D eigenvalue weighted by Gasteiger charge is -2.11. The monoisotopic (exact) mass is 237 g/mol. The molecular weight excluding hydrogens is 226 g/mol. The molecule has 0 aliphatic heterocycles. The van der Waals surface area contributed by atoms with Crippen molar-refractivity contribution in [3.8, 4) is 0 Å². The Hall–Kier alpha value is -0.0000000000000000555. The number of hydrogen-bond acceptors (Lipinski definition) is 5. The van der Waals surface area contributed by atoms with Gasteiger partial charge in [0.05, 0.1) is 11.7 Å². The normalized spacial score (nSPS) is 12.8. The second kappa shape index (κ2) is 5.67. The third-order valence-electron chi connectivity index (χ3n) is 1.59. The van der Waals surface area contributed by atoms with Crippen molar-refractivity contribution in [2.45, 2.75) is 19.4 Å². The van der Waals surface area contributed by atoms with Crippen molar-refractivity contribution in [2.24, 2.45) is 0 Å². The van der Waals surface area contributed by atoms with Crippen molar-refractivity contribution in [2.75, 3.05) is 17.3 Å². The minimum absolute atomic E-state index is 0.397. The highest BCUT2D eigenvalue weighted by Crippen LogP contribution is 2.19. The second-order valence-electron chi connectivity index (χ2n) is 2.73. The van der Waals surface area contributed by atoms with E-state index in [4.69, 9.17) is 11.6 Å². The number of nitrogens with one attached hydrogen (secondary N) is 1. The summed E-state index contributed by atoms with van der Waals surface area (Å²) in [5.74, 6) is 1.85. The lowest BCUT2D eigenvalue weighted by atomic mass is 10.2. The molecule has 1 rings (SSSR count). The van der Waals surface area contributed by atoms with Crippen LogP contribution < -0.4 is 5.32 Å². The lowest BCUT2D eigenvalue weighted by Crippen LogP contribution is -2.16. The largest absolute Gasteiger partial charge is 0.364 e. The molecule has 1 atom stereocenters. The van der Waals surface area contributed by atoms with Crippen molar-refractivity contribution < 1.29 is 0 Å². The first-order chi connectivity index (χ1) is 6.24. The Balaban J connectivity index is 2.36. The summed E-state index contributed by atoms with van der Waals surface area (Å²) in [5.41, 5.74) is 0. The van der Waals surface area contributed by atoms with Crippen LogP contribution >= 0.6 is 35.1 Å². The molecule has 74 valence electrons. The fourth-order valence-corrected chi connectivity index (χ4v) is 2.11. The van der Waals surface area contributed by atoms with Crippen molar-refractivity contribution in [1.82, 2.24) is 8.75 Å². The molecule has 0 aliphatic rings. The van der Waals surface area contributed by atoms with E-state index in [-0.39, 0.29) is 0 Å². The van der Waals surface area contributed by atoms with E-state index in [1.807, 2.05) is 11.8 Å². The van der Waals surface area contributed by atoms with E-state index in [0.29, 0.717) is 17.0 Å².